The fourth-order valence-electron chi connectivity index (χ4n) is 6.05. The standard InChI is InChI=1S/C31H31B2N3O9/c1-17-2-4-18(5-3-17)26(13-28(37)38)35-30(40)27-12-23(34-29(39)19-6-8-21-15-44-32(42)24(21)10-19)14-36(27)31(41)20-7-9-22-16-45-33(43)25(22)11-20/h2-11,23,26-27,42-43H,12-16H2,1H3,(H,34,39)(H,35,40)(H,37,38)/t23-,26+,27+/m1/s1. The summed E-state index contributed by atoms with van der Waals surface area (Å²) in [5.74, 6) is -2.60. The number of carboxylic acid groups (broad SMARTS) is 1. The van der Waals surface area contributed by atoms with Crippen LogP contribution in [0.4, 0.5) is 0 Å². The SMILES string of the molecule is Cc1ccc([C@H](CC(=O)O)NC(=O)[C@@H]2C[C@@H](NC(=O)c3ccc4c(c3)B(O)OC4)CN2C(=O)c2ccc3c(c2)B(O)OC3)cc1. The van der Waals surface area contributed by atoms with E-state index in [1.54, 1.807) is 42.5 Å². The van der Waals surface area contributed by atoms with Gasteiger partial charge in [-0.25, -0.2) is 0 Å². The number of benzene rings is 3. The van der Waals surface area contributed by atoms with Crippen LogP contribution in [0.1, 0.15) is 61.9 Å². The summed E-state index contributed by atoms with van der Waals surface area (Å²) in [6, 6.07) is 14.3. The maximum atomic E-state index is 13.9. The van der Waals surface area contributed by atoms with Crippen molar-refractivity contribution < 1.29 is 43.6 Å². The predicted molar refractivity (Wildman–Crippen MR) is 163 cm³/mol. The molecule has 0 unspecified atom stereocenters. The van der Waals surface area contributed by atoms with Crippen molar-refractivity contribution in [2.75, 3.05) is 6.54 Å². The number of aryl methyl sites for hydroxylation is 1. The van der Waals surface area contributed by atoms with E-state index in [9.17, 15) is 34.3 Å². The summed E-state index contributed by atoms with van der Waals surface area (Å²) in [6.45, 7) is 2.35. The van der Waals surface area contributed by atoms with Crippen LogP contribution in [0.25, 0.3) is 0 Å². The predicted octanol–water partition coefficient (Wildman–Crippen LogP) is -0.224. The molecule has 0 bridgehead atoms. The third-order valence-corrected chi connectivity index (χ3v) is 8.50. The van der Waals surface area contributed by atoms with Gasteiger partial charge in [0.25, 0.3) is 11.8 Å². The highest BCUT2D eigenvalue weighted by atomic mass is 16.5. The van der Waals surface area contributed by atoms with Crippen LogP contribution in [0.2, 0.25) is 0 Å². The third-order valence-electron chi connectivity index (χ3n) is 8.50. The molecule has 3 aliphatic heterocycles. The zero-order chi connectivity index (χ0) is 31.8. The summed E-state index contributed by atoms with van der Waals surface area (Å²) in [4.78, 5) is 54.0. The number of amides is 3. The van der Waals surface area contributed by atoms with Crippen LogP contribution in [0, 0.1) is 6.92 Å². The maximum Gasteiger partial charge on any atom is 0.491 e. The molecule has 0 saturated carbocycles. The number of rotatable bonds is 8. The van der Waals surface area contributed by atoms with Crippen LogP contribution in [0.5, 0.6) is 0 Å². The molecular formula is C31H31B2N3O9. The topological polar surface area (TPSA) is 175 Å². The molecule has 3 atom stereocenters. The Morgan fingerprint density at radius 1 is 0.911 bits per heavy atom. The van der Waals surface area contributed by atoms with Crippen molar-refractivity contribution in [3.63, 3.8) is 0 Å². The van der Waals surface area contributed by atoms with E-state index in [0.29, 0.717) is 16.5 Å². The molecule has 0 aliphatic carbocycles. The first kappa shape index (κ1) is 30.5. The first-order valence-electron chi connectivity index (χ1n) is 14.6. The van der Waals surface area contributed by atoms with E-state index in [-0.39, 0.29) is 43.7 Å². The summed E-state index contributed by atoms with van der Waals surface area (Å²) in [6.07, 6.45) is -0.295. The minimum Gasteiger partial charge on any atom is -0.481 e. The monoisotopic (exact) mass is 611 g/mol. The molecule has 1 fully saturated rings. The number of nitrogens with one attached hydrogen (secondary N) is 2. The molecule has 6 rings (SSSR count). The van der Waals surface area contributed by atoms with Crippen molar-refractivity contribution in [2.45, 2.75) is 51.1 Å². The summed E-state index contributed by atoms with van der Waals surface area (Å²) in [5.41, 5.74) is 4.60. The van der Waals surface area contributed by atoms with Crippen molar-refractivity contribution in [1.29, 1.82) is 0 Å². The van der Waals surface area contributed by atoms with Gasteiger partial charge >= 0.3 is 20.2 Å². The number of carbonyl (C=O) groups excluding carboxylic acids is 3. The van der Waals surface area contributed by atoms with Gasteiger partial charge in [0.15, 0.2) is 0 Å². The summed E-state index contributed by atoms with van der Waals surface area (Å²) < 4.78 is 10.5. The molecule has 0 aromatic heterocycles. The highest BCUT2D eigenvalue weighted by molar-refractivity contribution is 6.62. The Labute approximate surface area is 259 Å². The first-order valence-corrected chi connectivity index (χ1v) is 14.6. The van der Waals surface area contributed by atoms with Gasteiger partial charge in [-0.1, -0.05) is 42.0 Å². The highest BCUT2D eigenvalue weighted by Gasteiger charge is 2.42. The van der Waals surface area contributed by atoms with E-state index in [1.165, 1.54) is 11.0 Å². The Balaban J connectivity index is 1.25. The van der Waals surface area contributed by atoms with Gasteiger partial charge in [-0.3, -0.25) is 19.2 Å². The maximum absolute atomic E-state index is 13.9. The van der Waals surface area contributed by atoms with Gasteiger partial charge in [-0.15, -0.1) is 0 Å². The van der Waals surface area contributed by atoms with Gasteiger partial charge in [0.05, 0.1) is 25.7 Å². The molecule has 1 saturated heterocycles. The van der Waals surface area contributed by atoms with E-state index in [4.69, 9.17) is 9.31 Å². The van der Waals surface area contributed by atoms with Crippen molar-refractivity contribution in [3.05, 3.63) is 94.0 Å². The van der Waals surface area contributed by atoms with E-state index >= 15 is 0 Å². The molecule has 45 heavy (non-hydrogen) atoms. The zero-order valence-electron chi connectivity index (χ0n) is 24.4. The zero-order valence-corrected chi connectivity index (χ0v) is 24.4. The number of fused-ring (bicyclic) bond motifs is 2. The van der Waals surface area contributed by atoms with Gasteiger partial charge < -0.3 is 40.0 Å². The summed E-state index contributed by atoms with van der Waals surface area (Å²) in [5, 5.41) is 35.5. The van der Waals surface area contributed by atoms with Gasteiger partial charge in [0.1, 0.15) is 6.04 Å². The molecule has 12 nitrogen and oxygen atoms in total. The number of nitrogens with zero attached hydrogens (tertiary/aromatic N) is 1. The van der Waals surface area contributed by atoms with Crippen LogP contribution >= 0.6 is 0 Å². The largest absolute Gasteiger partial charge is 0.491 e. The third kappa shape index (κ3) is 6.36. The number of hydrogen-bond donors (Lipinski definition) is 5. The van der Waals surface area contributed by atoms with E-state index in [0.717, 1.165) is 16.7 Å². The summed E-state index contributed by atoms with van der Waals surface area (Å²) in [7, 11) is -2.29. The van der Waals surface area contributed by atoms with Crippen LogP contribution in [0.15, 0.2) is 60.7 Å². The first-order chi connectivity index (χ1) is 21.6. The quantitative estimate of drug-likeness (QED) is 0.216. The van der Waals surface area contributed by atoms with Gasteiger partial charge in [-0.2, -0.15) is 0 Å². The van der Waals surface area contributed by atoms with Crippen LogP contribution < -0.4 is 21.6 Å². The highest BCUT2D eigenvalue weighted by Crippen LogP contribution is 2.25. The second-order valence-electron chi connectivity index (χ2n) is 11.6. The fourth-order valence-corrected chi connectivity index (χ4v) is 6.05. The molecule has 5 N–H and O–H groups in total. The number of hydrogen-bond acceptors (Lipinski definition) is 8. The number of carboxylic acids is 1. The van der Waals surface area contributed by atoms with E-state index in [2.05, 4.69) is 10.6 Å². The van der Waals surface area contributed by atoms with Gasteiger partial charge in [0, 0.05) is 23.7 Å². The molecular weight excluding hydrogens is 580 g/mol. The number of likely N-dealkylation sites (tertiary alicyclic amines) is 1. The molecule has 3 aliphatic rings. The molecule has 230 valence electrons. The lowest BCUT2D eigenvalue weighted by Crippen LogP contribution is -2.47. The second kappa shape index (κ2) is 12.5. The average Bonchev–Trinajstić information content (AvgIpc) is 3.73. The second-order valence-corrected chi connectivity index (χ2v) is 11.6. The van der Waals surface area contributed by atoms with Crippen LogP contribution in [-0.4, -0.2) is 76.6 Å². The molecule has 3 amide bonds. The van der Waals surface area contributed by atoms with Crippen LogP contribution in [-0.2, 0) is 32.1 Å². The minimum absolute atomic E-state index is 0.00358. The Morgan fingerprint density at radius 3 is 2.13 bits per heavy atom. The van der Waals surface area contributed by atoms with E-state index < -0.39 is 56.1 Å². The normalized spacial score (nSPS) is 19.2. The number of aliphatic carboxylic acids is 1. The lowest BCUT2D eigenvalue weighted by Gasteiger charge is -2.26. The van der Waals surface area contributed by atoms with Crippen molar-refractivity contribution in [2.24, 2.45) is 0 Å². The van der Waals surface area contributed by atoms with Crippen molar-refractivity contribution >= 4 is 48.9 Å². The Hall–Kier alpha value is -4.49. The number of carbonyl (C=O) groups is 4. The Kier molecular flexibility index (Phi) is 8.47. The fraction of sp³-hybridized carbons (Fsp3) is 0.290. The molecule has 14 heteroatoms. The Bertz CT molecular complexity index is 1670. The van der Waals surface area contributed by atoms with E-state index in [1.807, 2.05) is 19.1 Å². The van der Waals surface area contributed by atoms with Gasteiger partial charge in [0.2, 0.25) is 5.91 Å². The van der Waals surface area contributed by atoms with Crippen LogP contribution in [0.3, 0.4) is 0 Å². The molecule has 0 spiro atoms. The smallest absolute Gasteiger partial charge is 0.481 e. The minimum atomic E-state index is -1.17. The molecule has 3 aromatic carbocycles. The molecule has 3 aromatic rings. The Morgan fingerprint density at radius 2 is 1.51 bits per heavy atom. The molecule has 0 radical (unpaired) electrons. The van der Waals surface area contributed by atoms with Gasteiger partial charge in [-0.05, 0) is 65.2 Å². The molecule has 3 heterocycles. The van der Waals surface area contributed by atoms with Crippen molar-refractivity contribution in [3.8, 4) is 0 Å². The summed E-state index contributed by atoms with van der Waals surface area (Å²) >= 11 is 0. The average molecular weight is 611 g/mol. The lowest BCUT2D eigenvalue weighted by atomic mass is 9.78. The lowest BCUT2D eigenvalue weighted by molar-refractivity contribution is -0.138. The van der Waals surface area contributed by atoms with Crippen molar-refractivity contribution in [1.82, 2.24) is 15.5 Å².